The Morgan fingerprint density at radius 2 is 1.88 bits per heavy atom. The number of hydrogen-bond donors (Lipinski definition) is 0. The molecule has 1 rings (SSSR count). The van der Waals surface area contributed by atoms with Gasteiger partial charge in [-0.3, -0.25) is 0 Å². The van der Waals surface area contributed by atoms with Crippen LogP contribution in [0.15, 0.2) is 29.2 Å². The van der Waals surface area contributed by atoms with Gasteiger partial charge in [0.15, 0.2) is 0 Å². The van der Waals surface area contributed by atoms with Crippen molar-refractivity contribution in [3.05, 3.63) is 35.6 Å². The summed E-state index contributed by atoms with van der Waals surface area (Å²) in [6, 6.07) is 3.69. The fraction of sp³-hybridized carbons (Fsp3) is 0.111. The standard InChI is InChI=1S/C9H7FN2O4S/c1-16-9(13)8(12-11)17(14,15)7-4-2-6(10)3-5-7/h2-5H,1H3. The zero-order valence-electron chi connectivity index (χ0n) is 8.62. The Morgan fingerprint density at radius 3 is 2.29 bits per heavy atom. The average molecular weight is 258 g/mol. The zero-order chi connectivity index (χ0) is 13.1. The van der Waals surface area contributed by atoms with Gasteiger partial charge in [0.05, 0.1) is 12.0 Å². The molecule has 90 valence electrons. The summed E-state index contributed by atoms with van der Waals surface area (Å²) >= 11 is 0. The van der Waals surface area contributed by atoms with Crippen LogP contribution in [0.1, 0.15) is 0 Å². The van der Waals surface area contributed by atoms with Crippen molar-refractivity contribution < 1.29 is 27.1 Å². The molecular weight excluding hydrogens is 251 g/mol. The minimum Gasteiger partial charge on any atom is -0.460 e. The van der Waals surface area contributed by atoms with Crippen molar-refractivity contribution in [3.8, 4) is 0 Å². The fourth-order valence-electron chi connectivity index (χ4n) is 1.02. The maximum Gasteiger partial charge on any atom is 0.493 e. The van der Waals surface area contributed by atoms with E-state index in [4.69, 9.17) is 5.53 Å². The average Bonchev–Trinajstić information content (AvgIpc) is 2.29. The highest BCUT2D eigenvalue weighted by Crippen LogP contribution is 2.13. The molecule has 0 spiro atoms. The molecule has 0 saturated heterocycles. The van der Waals surface area contributed by atoms with E-state index in [2.05, 4.69) is 9.53 Å². The number of methoxy groups -OCH3 is 1. The summed E-state index contributed by atoms with van der Waals surface area (Å²) in [6.07, 6.45) is 0. The van der Waals surface area contributed by atoms with Gasteiger partial charge in [0.2, 0.25) is 0 Å². The Labute approximate surface area is 96.2 Å². The number of hydrogen-bond acceptors (Lipinski definition) is 4. The van der Waals surface area contributed by atoms with Gasteiger partial charge in [-0.25, -0.2) is 17.6 Å². The van der Waals surface area contributed by atoms with Gasteiger partial charge in [-0.05, 0) is 24.3 Å². The van der Waals surface area contributed by atoms with Gasteiger partial charge in [-0.15, -0.1) is 4.79 Å². The monoisotopic (exact) mass is 258 g/mol. The van der Waals surface area contributed by atoms with Gasteiger partial charge in [0.25, 0.3) is 9.84 Å². The summed E-state index contributed by atoms with van der Waals surface area (Å²) in [5.41, 5.74) is 8.51. The Hall–Kier alpha value is -2.05. The Kier molecular flexibility index (Phi) is 3.72. The van der Waals surface area contributed by atoms with E-state index in [1.165, 1.54) is 0 Å². The number of carbonyl (C=O) groups is 1. The largest absolute Gasteiger partial charge is 0.493 e. The Morgan fingerprint density at radius 1 is 1.35 bits per heavy atom. The zero-order valence-corrected chi connectivity index (χ0v) is 9.44. The number of ether oxygens (including phenoxy) is 1. The maximum atomic E-state index is 12.6. The lowest BCUT2D eigenvalue weighted by Gasteiger charge is -1.98. The summed E-state index contributed by atoms with van der Waals surface area (Å²) in [5.74, 6) is -1.94. The summed E-state index contributed by atoms with van der Waals surface area (Å²) in [5, 5.41) is -1.16. The molecule has 0 aliphatic rings. The highest BCUT2D eigenvalue weighted by molar-refractivity contribution is 8.08. The van der Waals surface area contributed by atoms with Crippen LogP contribution in [0.2, 0.25) is 0 Å². The number of rotatable bonds is 1. The topological polar surface area (TPSA) is 96.8 Å². The van der Waals surface area contributed by atoms with Crippen molar-refractivity contribution in [2.45, 2.75) is 4.90 Å². The molecule has 0 N–H and O–H groups in total. The van der Waals surface area contributed by atoms with Crippen LogP contribution in [0.3, 0.4) is 0 Å². The second kappa shape index (κ2) is 4.86. The van der Waals surface area contributed by atoms with E-state index in [1.54, 1.807) is 0 Å². The van der Waals surface area contributed by atoms with Crippen LogP contribution in [0, 0.1) is 5.82 Å². The number of sulfone groups is 1. The van der Waals surface area contributed by atoms with Crippen LogP contribution >= 0.6 is 0 Å². The normalized spacial score (nSPS) is 10.5. The van der Waals surface area contributed by atoms with E-state index < -0.39 is 26.7 Å². The third kappa shape index (κ3) is 2.55. The minimum atomic E-state index is -4.32. The fourth-order valence-corrected chi connectivity index (χ4v) is 2.14. The van der Waals surface area contributed by atoms with Gasteiger partial charge in [-0.2, -0.15) is 0 Å². The first kappa shape index (κ1) is 13.0. The van der Waals surface area contributed by atoms with Gasteiger partial charge in [0.1, 0.15) is 5.82 Å². The van der Waals surface area contributed by atoms with Crippen LogP contribution in [0.4, 0.5) is 4.39 Å². The molecule has 0 atom stereocenters. The smallest absolute Gasteiger partial charge is 0.460 e. The van der Waals surface area contributed by atoms with E-state index in [1.807, 2.05) is 0 Å². The van der Waals surface area contributed by atoms with Crippen LogP contribution < -0.4 is 0 Å². The Balaban J connectivity index is 3.33. The molecule has 0 heterocycles. The van der Waals surface area contributed by atoms with E-state index in [0.29, 0.717) is 0 Å². The van der Waals surface area contributed by atoms with Crippen LogP contribution in [0.5, 0.6) is 0 Å². The first-order valence-corrected chi connectivity index (χ1v) is 5.73. The number of halogens is 1. The first-order chi connectivity index (χ1) is 7.93. The van der Waals surface area contributed by atoms with E-state index in [9.17, 15) is 17.6 Å². The van der Waals surface area contributed by atoms with E-state index >= 15 is 0 Å². The Bertz CT molecular complexity index is 588. The van der Waals surface area contributed by atoms with Crippen LogP contribution in [0.25, 0.3) is 5.53 Å². The number of carbonyl (C=O) groups excluding carboxylic acids is 1. The summed E-state index contributed by atoms with van der Waals surface area (Å²) in [7, 11) is -3.38. The molecule has 8 heteroatoms. The molecule has 0 unspecified atom stereocenters. The molecule has 0 aliphatic carbocycles. The number of nitrogens with zero attached hydrogens (tertiary/aromatic N) is 2. The minimum absolute atomic E-state index is 0.378. The maximum absolute atomic E-state index is 12.6. The molecule has 0 fully saturated rings. The molecule has 0 aromatic heterocycles. The quantitative estimate of drug-likeness (QED) is 0.182. The molecule has 0 radical (unpaired) electrons. The third-order valence-electron chi connectivity index (χ3n) is 1.83. The van der Waals surface area contributed by atoms with Crippen molar-refractivity contribution in [1.29, 1.82) is 0 Å². The molecule has 0 bridgehead atoms. The molecular formula is C9H7FN2O4S. The molecule has 0 aliphatic heterocycles. The van der Waals surface area contributed by atoms with E-state index in [0.717, 1.165) is 31.4 Å². The van der Waals surface area contributed by atoms with Crippen molar-refractivity contribution in [1.82, 2.24) is 0 Å². The lowest BCUT2D eigenvalue weighted by atomic mass is 10.4. The van der Waals surface area contributed by atoms with Crippen molar-refractivity contribution in [3.63, 3.8) is 0 Å². The molecule has 6 nitrogen and oxygen atoms in total. The highest BCUT2D eigenvalue weighted by Gasteiger charge is 2.38. The van der Waals surface area contributed by atoms with Gasteiger partial charge >= 0.3 is 11.0 Å². The van der Waals surface area contributed by atoms with Gasteiger partial charge in [-0.1, -0.05) is 0 Å². The molecule has 0 saturated carbocycles. The number of benzene rings is 1. The predicted octanol–water partition coefficient (Wildman–Crippen LogP) is 0.401. The van der Waals surface area contributed by atoms with Crippen LogP contribution in [-0.2, 0) is 19.4 Å². The van der Waals surface area contributed by atoms with Gasteiger partial charge in [0, 0.05) is 0 Å². The SMILES string of the molecule is COC(=O)C(=[N+]=[N-])S(=O)(=O)c1ccc(F)cc1. The van der Waals surface area contributed by atoms with Crippen LogP contribution in [-0.4, -0.2) is 31.3 Å². The summed E-state index contributed by atoms with van der Waals surface area (Å²) in [4.78, 5) is 13.1. The summed E-state index contributed by atoms with van der Waals surface area (Å²) in [6.45, 7) is 0. The highest BCUT2D eigenvalue weighted by atomic mass is 32.2. The first-order valence-electron chi connectivity index (χ1n) is 4.24. The second-order valence-corrected chi connectivity index (χ2v) is 4.72. The summed E-state index contributed by atoms with van der Waals surface area (Å²) < 4.78 is 40.3. The third-order valence-corrected chi connectivity index (χ3v) is 3.48. The molecule has 0 amide bonds. The van der Waals surface area contributed by atoms with Crippen molar-refractivity contribution in [2.75, 3.05) is 7.11 Å². The van der Waals surface area contributed by atoms with Gasteiger partial charge < -0.3 is 10.3 Å². The second-order valence-electron chi connectivity index (χ2n) is 2.85. The molecule has 1 aromatic carbocycles. The van der Waals surface area contributed by atoms with E-state index in [-0.39, 0.29) is 4.90 Å². The predicted molar refractivity (Wildman–Crippen MR) is 54.2 cm³/mol. The van der Waals surface area contributed by atoms with Crippen molar-refractivity contribution in [2.24, 2.45) is 0 Å². The lowest BCUT2D eigenvalue weighted by Crippen LogP contribution is -2.26. The lowest BCUT2D eigenvalue weighted by molar-refractivity contribution is -0.136. The van der Waals surface area contributed by atoms with Crippen molar-refractivity contribution >= 4 is 20.9 Å². The number of esters is 1. The molecule has 1 aromatic rings. The molecule has 17 heavy (non-hydrogen) atoms.